The Bertz CT molecular complexity index is 1540. The van der Waals surface area contributed by atoms with Gasteiger partial charge in [0.2, 0.25) is 5.91 Å². The standard InChI is InChI=1S/C30H31N5O2/c1-18(36)35-16-24-10-21(9-23-14-34(4)15-25(17-35)28(23)24)22-11-26-27(13-32-29(26)31-12-22)19-5-7-20(8-6-19)30(37)33(2)3/h5-13,25H,14-17H2,1-4H3,(H,31,32). The lowest BCUT2D eigenvalue weighted by Crippen LogP contribution is -2.43. The molecule has 0 saturated heterocycles. The number of pyridine rings is 1. The Morgan fingerprint density at radius 3 is 2.41 bits per heavy atom. The van der Waals surface area contributed by atoms with E-state index in [9.17, 15) is 9.59 Å². The van der Waals surface area contributed by atoms with Crippen LogP contribution in [0.4, 0.5) is 0 Å². The smallest absolute Gasteiger partial charge is 0.253 e. The number of hydrogen-bond donors (Lipinski definition) is 1. The van der Waals surface area contributed by atoms with E-state index >= 15 is 0 Å². The lowest BCUT2D eigenvalue weighted by Gasteiger charge is -2.41. The maximum atomic E-state index is 12.3. The second-order valence-corrected chi connectivity index (χ2v) is 10.6. The van der Waals surface area contributed by atoms with Crippen LogP contribution < -0.4 is 0 Å². The SMILES string of the molecule is CC(=O)N1Cc2cc(-c3cnc4[nH]cc(-c5ccc(C(=O)N(C)C)cc5)c4c3)cc3c2C(CN(C)C3)C1. The zero-order valence-corrected chi connectivity index (χ0v) is 21.7. The Hall–Kier alpha value is -3.97. The number of likely N-dealkylation sites (N-methyl/N-ethyl adjacent to an activating group) is 1. The van der Waals surface area contributed by atoms with E-state index < -0.39 is 0 Å². The average molecular weight is 494 g/mol. The highest BCUT2D eigenvalue weighted by Crippen LogP contribution is 2.39. The minimum Gasteiger partial charge on any atom is -0.346 e. The van der Waals surface area contributed by atoms with Crippen molar-refractivity contribution in [3.05, 3.63) is 77.1 Å². The number of fused-ring (bicyclic) bond motifs is 1. The van der Waals surface area contributed by atoms with Crippen LogP contribution in [-0.2, 0) is 17.9 Å². The van der Waals surface area contributed by atoms with E-state index in [2.05, 4.69) is 35.1 Å². The maximum absolute atomic E-state index is 12.3. The maximum Gasteiger partial charge on any atom is 0.253 e. The highest BCUT2D eigenvalue weighted by Gasteiger charge is 2.33. The lowest BCUT2D eigenvalue weighted by atomic mass is 9.81. The normalized spacial score (nSPS) is 17.1. The van der Waals surface area contributed by atoms with E-state index in [0.717, 1.165) is 52.9 Å². The number of nitrogens with zero attached hydrogens (tertiary/aromatic N) is 4. The molecular weight excluding hydrogens is 462 g/mol. The predicted molar refractivity (Wildman–Crippen MR) is 145 cm³/mol. The van der Waals surface area contributed by atoms with Gasteiger partial charge in [-0.25, -0.2) is 4.98 Å². The molecule has 0 radical (unpaired) electrons. The van der Waals surface area contributed by atoms with Gasteiger partial charge in [-0.1, -0.05) is 12.1 Å². The Morgan fingerprint density at radius 1 is 0.973 bits per heavy atom. The predicted octanol–water partition coefficient (Wildman–Crippen LogP) is 4.49. The lowest BCUT2D eigenvalue weighted by molar-refractivity contribution is -0.130. The van der Waals surface area contributed by atoms with E-state index in [0.29, 0.717) is 18.0 Å². The van der Waals surface area contributed by atoms with E-state index in [1.54, 1.807) is 25.9 Å². The molecule has 2 aliphatic heterocycles. The number of aromatic nitrogens is 2. The molecule has 0 fully saturated rings. The quantitative estimate of drug-likeness (QED) is 0.457. The minimum atomic E-state index is -0.0120. The molecule has 2 aromatic carbocycles. The molecule has 2 aromatic heterocycles. The van der Waals surface area contributed by atoms with E-state index in [1.165, 1.54) is 16.7 Å². The van der Waals surface area contributed by atoms with Crippen molar-refractivity contribution in [3.63, 3.8) is 0 Å². The largest absolute Gasteiger partial charge is 0.346 e. The van der Waals surface area contributed by atoms with Crippen LogP contribution in [0.5, 0.6) is 0 Å². The second kappa shape index (κ2) is 8.85. The number of rotatable bonds is 3. The Kier molecular flexibility index (Phi) is 5.60. The Balaban J connectivity index is 1.41. The molecule has 0 aliphatic carbocycles. The van der Waals surface area contributed by atoms with Crippen molar-refractivity contribution in [3.8, 4) is 22.3 Å². The molecular formula is C30H31N5O2. The number of H-pyrrole nitrogens is 1. The van der Waals surface area contributed by atoms with Crippen LogP contribution in [0.2, 0.25) is 0 Å². The first kappa shape index (κ1) is 23.4. The van der Waals surface area contributed by atoms with Gasteiger partial charge in [0.1, 0.15) is 5.65 Å². The molecule has 7 heteroatoms. The van der Waals surface area contributed by atoms with Gasteiger partial charge in [0.05, 0.1) is 0 Å². The summed E-state index contributed by atoms with van der Waals surface area (Å²) in [4.78, 5) is 38.5. The van der Waals surface area contributed by atoms with Crippen molar-refractivity contribution in [1.82, 2.24) is 24.7 Å². The summed E-state index contributed by atoms with van der Waals surface area (Å²) in [7, 11) is 5.67. The van der Waals surface area contributed by atoms with Crippen LogP contribution in [0.3, 0.4) is 0 Å². The molecule has 1 N–H and O–H groups in total. The highest BCUT2D eigenvalue weighted by atomic mass is 16.2. The van der Waals surface area contributed by atoms with Crippen LogP contribution >= 0.6 is 0 Å². The van der Waals surface area contributed by atoms with Crippen molar-refractivity contribution in [2.24, 2.45) is 0 Å². The third kappa shape index (κ3) is 4.09. The number of aromatic amines is 1. The van der Waals surface area contributed by atoms with Crippen LogP contribution in [0, 0.1) is 0 Å². The van der Waals surface area contributed by atoms with E-state index in [4.69, 9.17) is 4.98 Å². The zero-order chi connectivity index (χ0) is 25.8. The number of hydrogen-bond acceptors (Lipinski definition) is 4. The summed E-state index contributed by atoms with van der Waals surface area (Å²) in [5.41, 5.74) is 9.79. The van der Waals surface area contributed by atoms with Crippen molar-refractivity contribution < 1.29 is 9.59 Å². The first-order valence-electron chi connectivity index (χ1n) is 12.7. The summed E-state index contributed by atoms with van der Waals surface area (Å²) in [6.45, 7) is 5.00. The third-order valence-electron chi connectivity index (χ3n) is 7.69. The van der Waals surface area contributed by atoms with Crippen LogP contribution in [0.1, 0.15) is 39.9 Å². The Morgan fingerprint density at radius 2 is 1.70 bits per heavy atom. The van der Waals surface area contributed by atoms with Crippen molar-refractivity contribution >= 4 is 22.8 Å². The molecule has 0 bridgehead atoms. The molecule has 0 spiro atoms. The van der Waals surface area contributed by atoms with Gasteiger partial charge in [-0.05, 0) is 65.2 Å². The molecule has 7 nitrogen and oxygen atoms in total. The zero-order valence-electron chi connectivity index (χ0n) is 21.7. The van der Waals surface area contributed by atoms with Gasteiger partial charge in [0.25, 0.3) is 5.91 Å². The number of benzene rings is 2. The molecule has 2 amide bonds. The summed E-state index contributed by atoms with van der Waals surface area (Å²) in [5.74, 6) is 0.473. The van der Waals surface area contributed by atoms with E-state index in [1.807, 2.05) is 41.6 Å². The van der Waals surface area contributed by atoms with Crippen LogP contribution in [0.15, 0.2) is 54.9 Å². The molecule has 2 aliphatic rings. The summed E-state index contributed by atoms with van der Waals surface area (Å²) >= 11 is 0. The third-order valence-corrected chi connectivity index (χ3v) is 7.69. The fourth-order valence-corrected chi connectivity index (χ4v) is 5.93. The van der Waals surface area contributed by atoms with Crippen LogP contribution in [-0.4, -0.2) is 70.7 Å². The molecule has 4 heterocycles. The molecule has 1 unspecified atom stereocenters. The monoisotopic (exact) mass is 493 g/mol. The number of carbonyl (C=O) groups excluding carboxylic acids is 2. The summed E-state index contributed by atoms with van der Waals surface area (Å²) < 4.78 is 0. The average Bonchev–Trinajstić information content (AvgIpc) is 3.31. The fourth-order valence-electron chi connectivity index (χ4n) is 5.93. The van der Waals surface area contributed by atoms with E-state index in [-0.39, 0.29) is 11.8 Å². The molecule has 37 heavy (non-hydrogen) atoms. The van der Waals surface area contributed by atoms with Gasteiger partial charge >= 0.3 is 0 Å². The van der Waals surface area contributed by atoms with Gasteiger partial charge in [-0.2, -0.15) is 0 Å². The highest BCUT2D eigenvalue weighted by molar-refractivity contribution is 5.98. The number of carbonyl (C=O) groups is 2. The van der Waals surface area contributed by atoms with Crippen molar-refractivity contribution in [1.29, 1.82) is 0 Å². The van der Waals surface area contributed by atoms with Gasteiger partial charge in [-0.3, -0.25) is 9.59 Å². The molecule has 188 valence electrons. The van der Waals surface area contributed by atoms with Crippen molar-refractivity contribution in [2.75, 3.05) is 34.2 Å². The summed E-state index contributed by atoms with van der Waals surface area (Å²) in [5, 5.41) is 1.04. The van der Waals surface area contributed by atoms with Gasteiger partial charge < -0.3 is 19.7 Å². The first-order valence-corrected chi connectivity index (χ1v) is 12.7. The van der Waals surface area contributed by atoms with Gasteiger partial charge in [0.15, 0.2) is 0 Å². The Labute approximate surface area is 216 Å². The van der Waals surface area contributed by atoms with Crippen LogP contribution in [0.25, 0.3) is 33.3 Å². The van der Waals surface area contributed by atoms with Crippen molar-refractivity contribution in [2.45, 2.75) is 25.9 Å². The summed E-state index contributed by atoms with van der Waals surface area (Å²) in [6.07, 6.45) is 3.90. The molecule has 6 rings (SSSR count). The summed E-state index contributed by atoms with van der Waals surface area (Å²) in [6, 6.07) is 14.5. The molecule has 4 aromatic rings. The fraction of sp³-hybridized carbons (Fsp3) is 0.300. The second-order valence-electron chi connectivity index (χ2n) is 10.6. The molecule has 0 saturated carbocycles. The van der Waals surface area contributed by atoms with Gasteiger partial charge in [0, 0.05) is 87.6 Å². The number of nitrogens with one attached hydrogen (secondary N) is 1. The number of amides is 2. The molecule has 1 atom stereocenters. The first-order chi connectivity index (χ1) is 17.8. The topological polar surface area (TPSA) is 72.5 Å². The minimum absolute atomic E-state index is 0.0120. The van der Waals surface area contributed by atoms with Gasteiger partial charge in [-0.15, -0.1) is 0 Å².